The summed E-state index contributed by atoms with van der Waals surface area (Å²) in [6.07, 6.45) is 0. The highest BCUT2D eigenvalue weighted by Crippen LogP contribution is 2.51. The predicted octanol–water partition coefficient (Wildman–Crippen LogP) is 5.84. The minimum Gasteiger partial charge on any atom is -0.508 e. The largest absolute Gasteiger partial charge is 0.508 e. The molecule has 2 N–H and O–H groups in total. The molecule has 5 nitrogen and oxygen atoms in total. The van der Waals surface area contributed by atoms with Crippen molar-refractivity contribution in [3.63, 3.8) is 0 Å². The van der Waals surface area contributed by atoms with Crippen molar-refractivity contribution in [2.24, 2.45) is 0 Å². The first kappa shape index (κ1) is 22.0. The van der Waals surface area contributed by atoms with Crippen molar-refractivity contribution < 1.29 is 24.4 Å². The lowest BCUT2D eigenvalue weighted by atomic mass is 9.94. The lowest BCUT2D eigenvalue weighted by molar-refractivity contribution is 0.0387. The number of hydrogen-bond acceptors (Lipinski definition) is 5. The molecule has 2 saturated heterocycles. The highest BCUT2D eigenvalue weighted by Gasteiger charge is 2.54. The van der Waals surface area contributed by atoms with E-state index in [0.29, 0.717) is 24.3 Å². The molecule has 0 radical (unpaired) electrons. The first-order chi connectivity index (χ1) is 13.8. The first-order valence-corrected chi connectivity index (χ1v) is 12.5. The SMILES string of the molecule is Oc1cccc(C(Br)Br)c1C1(COCC2(c3c(O)cccc3C(Br)Br)CO2)CO1. The van der Waals surface area contributed by atoms with E-state index in [9.17, 15) is 10.2 Å². The minimum atomic E-state index is -0.689. The van der Waals surface area contributed by atoms with Crippen molar-refractivity contribution in [1.29, 1.82) is 0 Å². The van der Waals surface area contributed by atoms with Crippen molar-refractivity contribution in [2.45, 2.75) is 18.7 Å². The molecule has 2 unspecified atom stereocenters. The summed E-state index contributed by atoms with van der Waals surface area (Å²) in [5.74, 6) is 0.351. The third-order valence-corrected chi connectivity index (χ3v) is 7.16. The summed E-state index contributed by atoms with van der Waals surface area (Å²) in [5.41, 5.74) is 1.85. The van der Waals surface area contributed by atoms with Gasteiger partial charge >= 0.3 is 0 Å². The summed E-state index contributed by atoms with van der Waals surface area (Å²) >= 11 is 14.0. The Morgan fingerprint density at radius 3 is 1.48 bits per heavy atom. The second-order valence-electron chi connectivity index (χ2n) is 7.14. The topological polar surface area (TPSA) is 74.8 Å². The Morgan fingerprint density at radius 1 is 0.793 bits per heavy atom. The molecular formula is C20H18Br4O5. The fraction of sp³-hybridized carbons (Fsp3) is 0.400. The first-order valence-electron chi connectivity index (χ1n) is 8.86. The molecule has 0 amide bonds. The molecule has 29 heavy (non-hydrogen) atoms. The van der Waals surface area contributed by atoms with Gasteiger partial charge in [-0.3, -0.25) is 0 Å². The van der Waals surface area contributed by atoms with Gasteiger partial charge in [-0.2, -0.15) is 0 Å². The molecular weight excluding hydrogens is 640 g/mol. The van der Waals surface area contributed by atoms with Gasteiger partial charge in [0.2, 0.25) is 0 Å². The number of alkyl halides is 4. The molecule has 2 aromatic rings. The molecule has 0 bridgehead atoms. The van der Waals surface area contributed by atoms with Gasteiger partial charge in [-0.05, 0) is 23.3 Å². The lowest BCUT2D eigenvalue weighted by Gasteiger charge is -2.22. The Balaban J connectivity index is 1.53. The number of hydrogen-bond donors (Lipinski definition) is 2. The van der Waals surface area contributed by atoms with Crippen molar-refractivity contribution >= 4 is 63.7 Å². The van der Waals surface area contributed by atoms with Gasteiger partial charge in [0.05, 0.1) is 33.9 Å². The smallest absolute Gasteiger partial charge is 0.144 e. The molecule has 2 aliphatic rings. The standard InChI is InChI=1S/C20H18Br4O5/c21-17(22)11-3-1-5-13(25)15(11)19(9-28-19)7-27-8-20(10-29-20)16-12(18(23)24)4-2-6-14(16)26/h1-6,17-18,25-26H,7-10H2. The number of phenolic OH excluding ortho intramolecular Hbond substituents is 2. The van der Waals surface area contributed by atoms with Gasteiger partial charge in [0, 0.05) is 11.1 Å². The average Bonchev–Trinajstić information content (AvgIpc) is 3.59. The van der Waals surface area contributed by atoms with E-state index < -0.39 is 11.2 Å². The van der Waals surface area contributed by atoms with E-state index in [1.165, 1.54) is 0 Å². The second kappa shape index (κ2) is 8.41. The van der Waals surface area contributed by atoms with E-state index in [4.69, 9.17) is 14.2 Å². The Morgan fingerprint density at radius 2 is 1.17 bits per heavy atom. The zero-order valence-electron chi connectivity index (χ0n) is 15.1. The summed E-state index contributed by atoms with van der Waals surface area (Å²) in [6, 6.07) is 10.7. The quantitative estimate of drug-likeness (QED) is 0.276. The third kappa shape index (κ3) is 4.29. The highest BCUT2D eigenvalue weighted by molar-refractivity contribution is 9.24. The molecule has 0 aromatic heterocycles. The zero-order valence-corrected chi connectivity index (χ0v) is 21.4. The molecule has 2 aliphatic heterocycles. The maximum atomic E-state index is 10.5. The van der Waals surface area contributed by atoms with Crippen LogP contribution in [0.15, 0.2) is 36.4 Å². The highest BCUT2D eigenvalue weighted by atomic mass is 79.9. The van der Waals surface area contributed by atoms with Crippen molar-refractivity contribution in [3.05, 3.63) is 58.7 Å². The van der Waals surface area contributed by atoms with Crippen molar-refractivity contribution in [1.82, 2.24) is 0 Å². The van der Waals surface area contributed by atoms with Crippen LogP contribution in [-0.4, -0.2) is 36.6 Å². The van der Waals surface area contributed by atoms with Gasteiger partial charge in [-0.1, -0.05) is 88.0 Å². The maximum absolute atomic E-state index is 10.5. The van der Waals surface area contributed by atoms with Gasteiger partial charge < -0.3 is 24.4 Å². The monoisotopic (exact) mass is 654 g/mol. The molecule has 0 saturated carbocycles. The number of phenols is 2. The second-order valence-corrected chi connectivity index (χ2v) is 13.3. The zero-order chi connectivity index (χ0) is 20.8. The summed E-state index contributed by atoms with van der Waals surface area (Å²) in [7, 11) is 0. The number of epoxide rings is 2. The fourth-order valence-electron chi connectivity index (χ4n) is 3.63. The van der Waals surface area contributed by atoms with Crippen molar-refractivity contribution in [3.8, 4) is 11.5 Å². The molecule has 2 fully saturated rings. The van der Waals surface area contributed by atoms with Crippen LogP contribution in [0.3, 0.4) is 0 Å². The number of halogens is 4. The maximum Gasteiger partial charge on any atom is 0.144 e. The number of rotatable bonds is 8. The Kier molecular flexibility index (Phi) is 6.39. The summed E-state index contributed by atoms with van der Waals surface area (Å²) in [5, 5.41) is 20.9. The van der Waals surface area contributed by atoms with Crippen LogP contribution in [0.4, 0.5) is 0 Å². The van der Waals surface area contributed by atoms with E-state index in [2.05, 4.69) is 63.7 Å². The molecule has 156 valence electrons. The van der Waals surface area contributed by atoms with Gasteiger partial charge in [-0.25, -0.2) is 0 Å². The van der Waals surface area contributed by atoms with Gasteiger partial charge in [0.15, 0.2) is 0 Å². The van der Waals surface area contributed by atoms with Crippen LogP contribution in [-0.2, 0) is 25.4 Å². The van der Waals surface area contributed by atoms with Crippen LogP contribution < -0.4 is 0 Å². The van der Waals surface area contributed by atoms with Crippen LogP contribution in [0, 0.1) is 0 Å². The molecule has 2 aromatic carbocycles. The summed E-state index contributed by atoms with van der Waals surface area (Å²) < 4.78 is 17.3. The van der Waals surface area contributed by atoms with Crippen LogP contribution in [0.2, 0.25) is 0 Å². The summed E-state index contributed by atoms with van der Waals surface area (Å²) in [4.78, 5) is 0. The van der Waals surface area contributed by atoms with E-state index in [1.54, 1.807) is 24.3 Å². The van der Waals surface area contributed by atoms with Gasteiger partial charge in [0.25, 0.3) is 0 Å². The average molecular weight is 658 g/mol. The number of benzene rings is 2. The lowest BCUT2D eigenvalue weighted by Crippen LogP contribution is -2.25. The molecule has 4 rings (SSSR count). The third-order valence-electron chi connectivity index (χ3n) is 5.19. The number of aromatic hydroxyl groups is 2. The fourth-order valence-corrected chi connectivity index (χ4v) is 5.15. The van der Waals surface area contributed by atoms with E-state index >= 15 is 0 Å². The van der Waals surface area contributed by atoms with Gasteiger partial charge in [0.1, 0.15) is 22.7 Å². The molecule has 2 atom stereocenters. The molecule has 0 aliphatic carbocycles. The van der Waals surface area contributed by atoms with Crippen LogP contribution in [0.25, 0.3) is 0 Å². The summed E-state index contributed by atoms with van der Waals surface area (Å²) in [6.45, 7) is 1.46. The molecule has 9 heteroatoms. The van der Waals surface area contributed by atoms with Crippen LogP contribution in [0.1, 0.15) is 29.7 Å². The van der Waals surface area contributed by atoms with Crippen molar-refractivity contribution in [2.75, 3.05) is 26.4 Å². The Labute approximate surface area is 202 Å². The van der Waals surface area contributed by atoms with E-state index in [-0.39, 0.29) is 32.2 Å². The van der Waals surface area contributed by atoms with Crippen LogP contribution >= 0.6 is 63.7 Å². The minimum absolute atomic E-state index is 0.116. The predicted molar refractivity (Wildman–Crippen MR) is 123 cm³/mol. The molecule has 0 spiro atoms. The van der Waals surface area contributed by atoms with Gasteiger partial charge in [-0.15, -0.1) is 0 Å². The Bertz CT molecular complexity index is 836. The van der Waals surface area contributed by atoms with Crippen LogP contribution in [0.5, 0.6) is 11.5 Å². The molecule has 2 heterocycles. The number of ether oxygens (including phenoxy) is 3. The van der Waals surface area contributed by atoms with E-state index in [0.717, 1.165) is 11.1 Å². The van der Waals surface area contributed by atoms with E-state index in [1.807, 2.05) is 12.1 Å². The Hall–Kier alpha value is -0.160. The normalized spacial score (nSPS) is 25.6.